The lowest BCUT2D eigenvalue weighted by Crippen LogP contribution is -2.25. The number of hydrogen-bond donors (Lipinski definition) is 0. The third-order valence-electron chi connectivity index (χ3n) is 2.70. The van der Waals surface area contributed by atoms with E-state index >= 15 is 0 Å². The van der Waals surface area contributed by atoms with Gasteiger partial charge in [0.05, 0.1) is 0 Å². The predicted octanol–water partition coefficient (Wildman–Crippen LogP) is 1.81. The number of terminal acetylenes is 1. The molecule has 3 aliphatic carbocycles. The second-order valence-corrected chi connectivity index (χ2v) is 3.24. The minimum atomic E-state index is 0.407. The fraction of sp³-hybridized carbons (Fsp3) is 0.750. The van der Waals surface area contributed by atoms with Crippen LogP contribution in [-0.2, 0) is 0 Å². The first kappa shape index (κ1) is 4.44. The maximum atomic E-state index is 5.36. The standard InChI is InChI=1S/C8H10/c1-2-8-4-3-7(5-8)6-8/h1,7H,3-6H2. The molecular formula is C8H10. The van der Waals surface area contributed by atoms with Crippen molar-refractivity contribution in [3.05, 3.63) is 0 Å². The second kappa shape index (κ2) is 1.10. The highest BCUT2D eigenvalue weighted by atomic mass is 14.5. The average Bonchev–Trinajstić information content (AvgIpc) is 2.17. The SMILES string of the molecule is C#CC12CCC(C1)C2. The van der Waals surface area contributed by atoms with Gasteiger partial charge < -0.3 is 0 Å². The Kier molecular flexibility index (Phi) is 0.612. The van der Waals surface area contributed by atoms with Gasteiger partial charge in [-0.1, -0.05) is 5.92 Å². The lowest BCUT2D eigenvalue weighted by Gasteiger charge is -2.32. The van der Waals surface area contributed by atoms with Gasteiger partial charge in [-0.3, -0.25) is 0 Å². The molecule has 0 spiro atoms. The van der Waals surface area contributed by atoms with E-state index in [2.05, 4.69) is 5.92 Å². The summed E-state index contributed by atoms with van der Waals surface area (Å²) in [7, 11) is 0. The molecule has 8 heavy (non-hydrogen) atoms. The summed E-state index contributed by atoms with van der Waals surface area (Å²) < 4.78 is 0. The van der Waals surface area contributed by atoms with Gasteiger partial charge in [0.15, 0.2) is 0 Å². The van der Waals surface area contributed by atoms with E-state index in [4.69, 9.17) is 6.42 Å². The third-order valence-corrected chi connectivity index (χ3v) is 2.70. The van der Waals surface area contributed by atoms with Crippen molar-refractivity contribution in [2.24, 2.45) is 11.3 Å². The molecule has 0 aromatic carbocycles. The molecule has 2 bridgehead atoms. The van der Waals surface area contributed by atoms with E-state index in [1.165, 1.54) is 25.7 Å². The van der Waals surface area contributed by atoms with Crippen LogP contribution in [0.2, 0.25) is 0 Å². The summed E-state index contributed by atoms with van der Waals surface area (Å²) in [5, 5.41) is 0. The Morgan fingerprint density at radius 3 is 2.50 bits per heavy atom. The smallest absolute Gasteiger partial charge is 0.0317 e. The first-order valence-electron chi connectivity index (χ1n) is 3.32. The Bertz CT molecular complexity index is 138. The van der Waals surface area contributed by atoms with Gasteiger partial charge in [0, 0.05) is 5.41 Å². The zero-order chi connectivity index (χ0) is 5.61. The van der Waals surface area contributed by atoms with Crippen molar-refractivity contribution in [3.63, 3.8) is 0 Å². The molecule has 0 unspecified atom stereocenters. The first-order valence-corrected chi connectivity index (χ1v) is 3.32. The van der Waals surface area contributed by atoms with Gasteiger partial charge in [-0.15, -0.1) is 6.42 Å². The molecule has 0 amide bonds. The minimum absolute atomic E-state index is 0.407. The van der Waals surface area contributed by atoms with Crippen molar-refractivity contribution in [3.8, 4) is 12.3 Å². The van der Waals surface area contributed by atoms with Crippen LogP contribution in [0, 0.1) is 23.7 Å². The van der Waals surface area contributed by atoms with Crippen LogP contribution in [0.15, 0.2) is 0 Å². The van der Waals surface area contributed by atoms with Crippen molar-refractivity contribution in [2.45, 2.75) is 25.7 Å². The van der Waals surface area contributed by atoms with Crippen LogP contribution in [0.5, 0.6) is 0 Å². The minimum Gasteiger partial charge on any atom is -0.120 e. The lowest BCUT2D eigenvalue weighted by atomic mass is 9.70. The van der Waals surface area contributed by atoms with Crippen LogP contribution >= 0.6 is 0 Å². The molecule has 0 saturated heterocycles. The summed E-state index contributed by atoms with van der Waals surface area (Å²) in [6.45, 7) is 0. The Hall–Kier alpha value is -0.440. The van der Waals surface area contributed by atoms with E-state index in [0.29, 0.717) is 5.41 Å². The van der Waals surface area contributed by atoms with E-state index in [0.717, 1.165) is 5.92 Å². The van der Waals surface area contributed by atoms with Gasteiger partial charge >= 0.3 is 0 Å². The molecule has 0 atom stereocenters. The second-order valence-electron chi connectivity index (χ2n) is 3.24. The Morgan fingerprint density at radius 1 is 1.50 bits per heavy atom. The molecule has 3 rings (SSSR count). The topological polar surface area (TPSA) is 0 Å². The highest BCUT2D eigenvalue weighted by Gasteiger charge is 2.48. The molecule has 0 aliphatic heterocycles. The molecule has 0 aromatic rings. The van der Waals surface area contributed by atoms with E-state index in [-0.39, 0.29) is 0 Å². The van der Waals surface area contributed by atoms with Crippen LogP contribution in [0.3, 0.4) is 0 Å². The molecule has 3 aliphatic rings. The predicted molar refractivity (Wildman–Crippen MR) is 33.2 cm³/mol. The Balaban J connectivity index is 2.23. The number of rotatable bonds is 0. The normalized spacial score (nSPS) is 50.1. The van der Waals surface area contributed by atoms with Gasteiger partial charge in [0.25, 0.3) is 0 Å². The molecule has 0 N–H and O–H groups in total. The zero-order valence-electron chi connectivity index (χ0n) is 4.98. The highest BCUT2D eigenvalue weighted by molar-refractivity contribution is 5.16. The first-order chi connectivity index (χ1) is 3.85. The van der Waals surface area contributed by atoms with Gasteiger partial charge in [-0.2, -0.15) is 0 Å². The van der Waals surface area contributed by atoms with Crippen molar-refractivity contribution < 1.29 is 0 Å². The molecule has 42 valence electrons. The van der Waals surface area contributed by atoms with Gasteiger partial charge in [-0.05, 0) is 31.6 Å². The van der Waals surface area contributed by atoms with E-state index in [9.17, 15) is 0 Å². The lowest BCUT2D eigenvalue weighted by molar-refractivity contribution is 0.222. The molecule has 0 radical (unpaired) electrons. The fourth-order valence-electron chi connectivity index (χ4n) is 2.12. The van der Waals surface area contributed by atoms with Crippen molar-refractivity contribution in [1.82, 2.24) is 0 Å². The van der Waals surface area contributed by atoms with E-state index in [1.807, 2.05) is 0 Å². The largest absolute Gasteiger partial charge is 0.120 e. The van der Waals surface area contributed by atoms with E-state index < -0.39 is 0 Å². The quantitative estimate of drug-likeness (QED) is 0.413. The fourth-order valence-corrected chi connectivity index (χ4v) is 2.12. The van der Waals surface area contributed by atoms with Crippen LogP contribution in [0.4, 0.5) is 0 Å². The Morgan fingerprint density at radius 2 is 2.25 bits per heavy atom. The van der Waals surface area contributed by atoms with Crippen LogP contribution < -0.4 is 0 Å². The zero-order valence-corrected chi connectivity index (χ0v) is 4.98. The van der Waals surface area contributed by atoms with Gasteiger partial charge in [-0.25, -0.2) is 0 Å². The van der Waals surface area contributed by atoms with E-state index in [1.54, 1.807) is 0 Å². The van der Waals surface area contributed by atoms with Crippen LogP contribution in [0.25, 0.3) is 0 Å². The molecular weight excluding hydrogens is 96.1 g/mol. The maximum absolute atomic E-state index is 5.36. The number of fused-ring (bicyclic) bond motifs is 1. The summed E-state index contributed by atoms with van der Waals surface area (Å²) in [4.78, 5) is 0. The number of hydrogen-bond acceptors (Lipinski definition) is 0. The summed E-state index contributed by atoms with van der Waals surface area (Å²) in [5.41, 5.74) is 0.407. The summed E-state index contributed by atoms with van der Waals surface area (Å²) in [6, 6.07) is 0. The third kappa shape index (κ3) is 0.336. The monoisotopic (exact) mass is 106 g/mol. The highest BCUT2D eigenvalue weighted by Crippen LogP contribution is 2.58. The van der Waals surface area contributed by atoms with Crippen LogP contribution in [0.1, 0.15) is 25.7 Å². The average molecular weight is 106 g/mol. The summed E-state index contributed by atoms with van der Waals surface area (Å²) in [6.07, 6.45) is 10.8. The van der Waals surface area contributed by atoms with Crippen molar-refractivity contribution in [1.29, 1.82) is 0 Å². The maximum Gasteiger partial charge on any atom is 0.0317 e. The molecule has 0 nitrogen and oxygen atoms in total. The summed E-state index contributed by atoms with van der Waals surface area (Å²) >= 11 is 0. The Labute approximate surface area is 50.3 Å². The van der Waals surface area contributed by atoms with Crippen molar-refractivity contribution >= 4 is 0 Å². The van der Waals surface area contributed by atoms with Crippen molar-refractivity contribution in [2.75, 3.05) is 0 Å². The van der Waals surface area contributed by atoms with Gasteiger partial charge in [0.1, 0.15) is 0 Å². The molecule has 0 heteroatoms. The van der Waals surface area contributed by atoms with Gasteiger partial charge in [0.2, 0.25) is 0 Å². The molecule has 3 fully saturated rings. The molecule has 0 aromatic heterocycles. The molecule has 3 saturated carbocycles. The summed E-state index contributed by atoms with van der Waals surface area (Å²) in [5.74, 6) is 3.93. The van der Waals surface area contributed by atoms with Crippen LogP contribution in [-0.4, -0.2) is 0 Å². The molecule has 0 heterocycles.